The van der Waals surface area contributed by atoms with Crippen molar-refractivity contribution in [3.63, 3.8) is 0 Å². The Balaban J connectivity index is 1.56. The van der Waals surface area contributed by atoms with Crippen molar-refractivity contribution in [2.75, 3.05) is 13.1 Å². The lowest BCUT2D eigenvalue weighted by atomic mass is 9.91. The third-order valence-corrected chi connectivity index (χ3v) is 6.18. The van der Waals surface area contributed by atoms with Crippen LogP contribution < -0.4 is 5.63 Å². The van der Waals surface area contributed by atoms with Crippen LogP contribution in [-0.4, -0.2) is 23.1 Å². The van der Waals surface area contributed by atoms with Gasteiger partial charge in [-0.25, -0.2) is 9.18 Å². The van der Waals surface area contributed by atoms with Crippen LogP contribution in [0.3, 0.4) is 0 Å². The van der Waals surface area contributed by atoms with E-state index >= 15 is 0 Å². The van der Waals surface area contributed by atoms with Gasteiger partial charge in [0.2, 0.25) is 0 Å². The van der Waals surface area contributed by atoms with Crippen LogP contribution in [-0.2, 0) is 19.4 Å². The molecule has 1 atom stereocenters. The molecular formula is C26H26FNO3. The number of terminal acetylenes is 1. The second-order valence-corrected chi connectivity index (χ2v) is 8.34. The van der Waals surface area contributed by atoms with Crippen LogP contribution in [0.4, 0.5) is 4.39 Å². The van der Waals surface area contributed by atoms with E-state index in [1.165, 1.54) is 12.1 Å². The minimum absolute atomic E-state index is 0.139. The lowest BCUT2D eigenvalue weighted by molar-refractivity contribution is 0.283. The zero-order valence-corrected chi connectivity index (χ0v) is 17.7. The fourth-order valence-corrected chi connectivity index (χ4v) is 4.42. The summed E-state index contributed by atoms with van der Waals surface area (Å²) in [7, 11) is 0. The number of halogens is 1. The molecule has 160 valence electrons. The molecule has 0 saturated carbocycles. The molecule has 1 aliphatic rings. The average Bonchev–Trinajstić information content (AvgIpc) is 2.75. The normalized spacial score (nSPS) is 14.9. The maximum absolute atomic E-state index is 13.1. The van der Waals surface area contributed by atoms with Crippen LogP contribution in [0.25, 0.3) is 11.0 Å². The number of aromatic hydroxyl groups is 1. The highest BCUT2D eigenvalue weighted by atomic mass is 19.1. The second kappa shape index (κ2) is 8.95. The summed E-state index contributed by atoms with van der Waals surface area (Å²) in [6, 6.07) is 10.2. The van der Waals surface area contributed by atoms with Gasteiger partial charge in [0.25, 0.3) is 0 Å². The fraction of sp³-hybridized carbons (Fsp3) is 0.346. The molecule has 0 aliphatic carbocycles. The van der Waals surface area contributed by atoms with Gasteiger partial charge in [0.05, 0.1) is 11.9 Å². The van der Waals surface area contributed by atoms with Gasteiger partial charge in [-0.2, -0.15) is 0 Å². The summed E-state index contributed by atoms with van der Waals surface area (Å²) in [6.45, 7) is 3.83. The highest BCUT2D eigenvalue weighted by molar-refractivity contribution is 5.88. The maximum atomic E-state index is 13.1. The van der Waals surface area contributed by atoms with Gasteiger partial charge in [-0.15, -0.1) is 6.42 Å². The van der Waals surface area contributed by atoms with Crippen molar-refractivity contribution in [1.82, 2.24) is 4.90 Å². The van der Waals surface area contributed by atoms with Crippen molar-refractivity contribution in [1.29, 1.82) is 0 Å². The molecule has 4 nitrogen and oxygen atoms in total. The lowest BCUT2D eigenvalue weighted by Gasteiger charge is -2.27. The van der Waals surface area contributed by atoms with E-state index < -0.39 is 0 Å². The number of phenolic OH excluding ortho intramolecular Hbond substituents is 1. The van der Waals surface area contributed by atoms with Crippen molar-refractivity contribution >= 4 is 11.0 Å². The SMILES string of the molecule is C#CCN1CCc2c(c3c(O)cc(C(C)CCCc4ccc(F)cc4)cc3oc2=O)C1. The summed E-state index contributed by atoms with van der Waals surface area (Å²) in [5.41, 5.74) is 3.58. The molecule has 4 rings (SSSR count). The van der Waals surface area contributed by atoms with Gasteiger partial charge in [0, 0.05) is 18.7 Å². The maximum Gasteiger partial charge on any atom is 0.339 e. The van der Waals surface area contributed by atoms with Crippen molar-refractivity contribution < 1.29 is 13.9 Å². The predicted molar refractivity (Wildman–Crippen MR) is 120 cm³/mol. The topological polar surface area (TPSA) is 53.7 Å². The molecule has 1 aliphatic heterocycles. The Morgan fingerprint density at radius 1 is 1.26 bits per heavy atom. The Morgan fingerprint density at radius 3 is 2.77 bits per heavy atom. The first-order valence-electron chi connectivity index (χ1n) is 10.7. The third-order valence-electron chi connectivity index (χ3n) is 6.18. The van der Waals surface area contributed by atoms with Gasteiger partial charge in [-0.3, -0.25) is 4.90 Å². The van der Waals surface area contributed by atoms with Crippen molar-refractivity contribution in [3.05, 3.63) is 74.9 Å². The van der Waals surface area contributed by atoms with Gasteiger partial charge in [-0.05, 0) is 72.6 Å². The molecule has 2 heterocycles. The molecule has 0 amide bonds. The Bertz CT molecular complexity index is 1190. The van der Waals surface area contributed by atoms with Gasteiger partial charge in [0.1, 0.15) is 17.1 Å². The zero-order valence-electron chi connectivity index (χ0n) is 17.7. The summed E-state index contributed by atoms with van der Waals surface area (Å²) >= 11 is 0. The number of rotatable bonds is 6. The van der Waals surface area contributed by atoms with E-state index in [4.69, 9.17) is 10.8 Å². The van der Waals surface area contributed by atoms with E-state index in [2.05, 4.69) is 17.7 Å². The van der Waals surface area contributed by atoms with Crippen molar-refractivity contribution in [2.45, 2.75) is 45.1 Å². The molecule has 1 unspecified atom stereocenters. The minimum Gasteiger partial charge on any atom is -0.507 e. The van der Waals surface area contributed by atoms with E-state index in [0.717, 1.165) is 36.0 Å². The number of hydrogen-bond acceptors (Lipinski definition) is 4. The third kappa shape index (κ3) is 4.50. The fourth-order valence-electron chi connectivity index (χ4n) is 4.42. The zero-order chi connectivity index (χ0) is 22.0. The molecular weight excluding hydrogens is 393 g/mol. The molecule has 31 heavy (non-hydrogen) atoms. The second-order valence-electron chi connectivity index (χ2n) is 8.34. The molecule has 5 heteroatoms. The minimum atomic E-state index is -0.330. The van der Waals surface area contributed by atoms with Gasteiger partial charge in [-0.1, -0.05) is 25.0 Å². The Kier molecular flexibility index (Phi) is 6.11. The van der Waals surface area contributed by atoms with E-state index in [0.29, 0.717) is 42.6 Å². The molecule has 0 fully saturated rings. The van der Waals surface area contributed by atoms with Gasteiger partial charge in [0.15, 0.2) is 0 Å². The smallest absolute Gasteiger partial charge is 0.339 e. The number of phenols is 1. The average molecular weight is 419 g/mol. The number of aryl methyl sites for hydroxylation is 1. The standard InChI is InChI=1S/C26H26FNO3/c1-3-12-28-13-11-21-22(16-28)25-23(29)14-19(15-24(25)31-26(21)30)17(2)5-4-6-18-7-9-20(27)10-8-18/h1,7-10,14-15,17,29H,4-6,11-13,16H2,2H3. The number of hydrogen-bond donors (Lipinski definition) is 1. The lowest BCUT2D eigenvalue weighted by Crippen LogP contribution is -2.33. The van der Waals surface area contributed by atoms with Crippen LogP contribution in [0.1, 0.15) is 47.9 Å². The Labute approximate surface area is 181 Å². The quantitative estimate of drug-likeness (QED) is 0.463. The molecule has 0 bridgehead atoms. The van der Waals surface area contributed by atoms with E-state index in [1.54, 1.807) is 6.07 Å². The Hall–Kier alpha value is -3.10. The largest absolute Gasteiger partial charge is 0.507 e. The van der Waals surface area contributed by atoms with E-state index in [9.17, 15) is 14.3 Å². The molecule has 0 spiro atoms. The first-order chi connectivity index (χ1) is 15.0. The molecule has 1 aromatic heterocycles. The Morgan fingerprint density at radius 2 is 2.03 bits per heavy atom. The highest BCUT2D eigenvalue weighted by Crippen LogP contribution is 2.36. The summed E-state index contributed by atoms with van der Waals surface area (Å²) in [5, 5.41) is 11.4. The first kappa shape index (κ1) is 21.1. The number of benzene rings is 2. The highest BCUT2D eigenvalue weighted by Gasteiger charge is 2.24. The molecule has 2 aromatic carbocycles. The van der Waals surface area contributed by atoms with Gasteiger partial charge < -0.3 is 9.52 Å². The molecule has 1 N–H and O–H groups in total. The predicted octanol–water partition coefficient (Wildman–Crippen LogP) is 4.76. The summed E-state index contributed by atoms with van der Waals surface area (Å²) in [5.74, 6) is 2.74. The van der Waals surface area contributed by atoms with Crippen molar-refractivity contribution in [3.8, 4) is 18.1 Å². The summed E-state index contributed by atoms with van der Waals surface area (Å²) in [6.07, 6.45) is 8.70. The van der Waals surface area contributed by atoms with Crippen LogP contribution in [0.5, 0.6) is 5.75 Å². The van der Waals surface area contributed by atoms with Crippen LogP contribution in [0.15, 0.2) is 45.6 Å². The number of fused-ring (bicyclic) bond motifs is 3. The monoisotopic (exact) mass is 419 g/mol. The number of nitrogens with zero attached hydrogens (tertiary/aromatic N) is 1. The molecule has 0 radical (unpaired) electrons. The van der Waals surface area contributed by atoms with E-state index in [-0.39, 0.29) is 23.1 Å². The first-order valence-corrected chi connectivity index (χ1v) is 10.7. The summed E-state index contributed by atoms with van der Waals surface area (Å²) < 4.78 is 18.7. The van der Waals surface area contributed by atoms with E-state index in [1.807, 2.05) is 18.2 Å². The summed E-state index contributed by atoms with van der Waals surface area (Å²) in [4.78, 5) is 14.6. The molecule has 3 aromatic rings. The van der Waals surface area contributed by atoms with Crippen LogP contribution >= 0.6 is 0 Å². The van der Waals surface area contributed by atoms with Crippen molar-refractivity contribution in [2.24, 2.45) is 0 Å². The van der Waals surface area contributed by atoms with Crippen LogP contribution in [0.2, 0.25) is 0 Å². The molecule has 0 saturated heterocycles. The van der Waals surface area contributed by atoms with Gasteiger partial charge >= 0.3 is 5.63 Å². The van der Waals surface area contributed by atoms with Crippen LogP contribution in [0, 0.1) is 18.2 Å².